The van der Waals surface area contributed by atoms with Crippen LogP contribution in [0, 0.1) is 0 Å². The third kappa shape index (κ3) is 6.51. The van der Waals surface area contributed by atoms with E-state index in [1.54, 1.807) is 26.4 Å². The summed E-state index contributed by atoms with van der Waals surface area (Å²) in [7, 11) is 3.11. The fourth-order valence-corrected chi connectivity index (χ4v) is 5.67. The molecule has 8 nitrogen and oxygen atoms in total. The maximum absolute atomic E-state index is 13.3. The largest absolute Gasteiger partial charge is 0.495 e. The standard InChI is InChI=1S/C22H26ClN3O5S2.ClH/c1-25(2)12-5-13-26(19(27)14-33(28,29)16-8-6-15(23)7-9-16)22-24-20-17(30-3)10-11-18(31-4)21(20)32-22;/h6-11H,5,12-14H2,1-4H3;1H. The van der Waals surface area contributed by atoms with Gasteiger partial charge in [0.25, 0.3) is 0 Å². The topological polar surface area (TPSA) is 89.0 Å². The molecule has 2 aromatic carbocycles. The Hall–Kier alpha value is -2.11. The lowest BCUT2D eigenvalue weighted by Crippen LogP contribution is -2.37. The Kier molecular flexibility index (Phi) is 9.96. The second kappa shape index (κ2) is 12.0. The van der Waals surface area contributed by atoms with Crippen molar-refractivity contribution in [3.63, 3.8) is 0 Å². The molecule has 3 aromatic rings. The Balaban J connectivity index is 0.00000408. The Morgan fingerprint density at radius 3 is 2.24 bits per heavy atom. The highest BCUT2D eigenvalue weighted by Crippen LogP contribution is 2.40. The van der Waals surface area contributed by atoms with Crippen LogP contribution in [0.4, 0.5) is 5.13 Å². The maximum atomic E-state index is 13.3. The van der Waals surface area contributed by atoms with Gasteiger partial charge in [0.05, 0.1) is 19.1 Å². The van der Waals surface area contributed by atoms with Crippen LogP contribution in [0.2, 0.25) is 5.02 Å². The number of thiazole rings is 1. The summed E-state index contributed by atoms with van der Waals surface area (Å²) in [5.41, 5.74) is 0.558. The van der Waals surface area contributed by atoms with Gasteiger partial charge in [-0.15, -0.1) is 12.4 Å². The number of ether oxygens (including phenoxy) is 2. The van der Waals surface area contributed by atoms with E-state index in [1.165, 1.54) is 40.5 Å². The van der Waals surface area contributed by atoms with Crippen LogP contribution in [-0.4, -0.2) is 71.4 Å². The van der Waals surface area contributed by atoms with Crippen molar-refractivity contribution >= 4 is 66.4 Å². The second-order valence-electron chi connectivity index (χ2n) is 7.56. The molecule has 34 heavy (non-hydrogen) atoms. The summed E-state index contributed by atoms with van der Waals surface area (Å²) in [5.74, 6) is -0.0895. The lowest BCUT2D eigenvalue weighted by atomic mass is 10.3. The molecule has 186 valence electrons. The number of carbonyl (C=O) groups excluding carboxylic acids is 1. The van der Waals surface area contributed by atoms with Crippen LogP contribution >= 0.6 is 35.3 Å². The van der Waals surface area contributed by atoms with Crippen LogP contribution in [0.25, 0.3) is 10.2 Å². The number of rotatable bonds is 10. The lowest BCUT2D eigenvalue weighted by Gasteiger charge is -2.21. The average Bonchev–Trinajstić information content (AvgIpc) is 3.20. The number of carbonyl (C=O) groups is 1. The number of methoxy groups -OCH3 is 2. The van der Waals surface area contributed by atoms with Crippen LogP contribution in [0.5, 0.6) is 11.5 Å². The molecular weight excluding hydrogens is 521 g/mol. The maximum Gasteiger partial charge on any atom is 0.244 e. The molecule has 0 aliphatic heterocycles. The fraction of sp³-hybridized carbons (Fsp3) is 0.364. The van der Waals surface area contributed by atoms with Crippen molar-refractivity contribution in [2.45, 2.75) is 11.3 Å². The molecule has 0 atom stereocenters. The zero-order chi connectivity index (χ0) is 24.2. The van der Waals surface area contributed by atoms with E-state index in [0.29, 0.717) is 40.1 Å². The predicted octanol–water partition coefficient (Wildman–Crippen LogP) is 4.15. The zero-order valence-corrected chi connectivity index (χ0v) is 22.5. The first kappa shape index (κ1) is 28.1. The Labute approximate surface area is 214 Å². The van der Waals surface area contributed by atoms with E-state index in [9.17, 15) is 13.2 Å². The van der Waals surface area contributed by atoms with Gasteiger partial charge in [0.1, 0.15) is 27.5 Å². The molecule has 12 heteroatoms. The van der Waals surface area contributed by atoms with E-state index in [4.69, 9.17) is 21.1 Å². The Morgan fingerprint density at radius 2 is 1.65 bits per heavy atom. The minimum absolute atomic E-state index is 0. The minimum Gasteiger partial charge on any atom is -0.495 e. The summed E-state index contributed by atoms with van der Waals surface area (Å²) in [6, 6.07) is 9.28. The molecule has 1 amide bonds. The van der Waals surface area contributed by atoms with Crippen molar-refractivity contribution in [3.05, 3.63) is 41.4 Å². The number of aromatic nitrogens is 1. The minimum atomic E-state index is -3.86. The van der Waals surface area contributed by atoms with E-state index < -0.39 is 21.5 Å². The monoisotopic (exact) mass is 547 g/mol. The van der Waals surface area contributed by atoms with Crippen molar-refractivity contribution in [2.24, 2.45) is 0 Å². The number of hydrogen-bond acceptors (Lipinski definition) is 8. The van der Waals surface area contributed by atoms with E-state index in [1.807, 2.05) is 19.0 Å². The smallest absolute Gasteiger partial charge is 0.244 e. The Bertz CT molecular complexity index is 1190. The molecule has 0 radical (unpaired) electrons. The summed E-state index contributed by atoms with van der Waals surface area (Å²) in [4.78, 5) is 21.4. The van der Waals surface area contributed by atoms with Crippen molar-refractivity contribution < 1.29 is 22.7 Å². The fourth-order valence-electron chi connectivity index (χ4n) is 3.23. The summed E-state index contributed by atoms with van der Waals surface area (Å²) >= 11 is 7.13. The number of fused-ring (bicyclic) bond motifs is 1. The van der Waals surface area contributed by atoms with Gasteiger partial charge < -0.3 is 14.4 Å². The highest BCUT2D eigenvalue weighted by molar-refractivity contribution is 7.92. The van der Waals surface area contributed by atoms with E-state index in [-0.39, 0.29) is 17.3 Å². The predicted molar refractivity (Wildman–Crippen MR) is 139 cm³/mol. The van der Waals surface area contributed by atoms with E-state index >= 15 is 0 Å². The number of hydrogen-bond donors (Lipinski definition) is 0. The first-order valence-electron chi connectivity index (χ1n) is 10.1. The zero-order valence-electron chi connectivity index (χ0n) is 19.3. The lowest BCUT2D eigenvalue weighted by molar-refractivity contribution is -0.116. The summed E-state index contributed by atoms with van der Waals surface area (Å²) < 4.78 is 37.4. The van der Waals surface area contributed by atoms with Gasteiger partial charge in [0.2, 0.25) is 5.91 Å². The van der Waals surface area contributed by atoms with Crippen molar-refractivity contribution in [3.8, 4) is 11.5 Å². The quantitative estimate of drug-likeness (QED) is 0.376. The number of amides is 1. The van der Waals surface area contributed by atoms with Crippen LogP contribution < -0.4 is 14.4 Å². The van der Waals surface area contributed by atoms with Crippen molar-refractivity contribution in [2.75, 3.05) is 52.1 Å². The number of benzene rings is 2. The second-order valence-corrected chi connectivity index (χ2v) is 11.0. The van der Waals surface area contributed by atoms with Gasteiger partial charge in [0.15, 0.2) is 15.0 Å². The van der Waals surface area contributed by atoms with Gasteiger partial charge in [-0.2, -0.15) is 0 Å². The van der Waals surface area contributed by atoms with Crippen LogP contribution in [0.15, 0.2) is 41.3 Å². The summed E-state index contributed by atoms with van der Waals surface area (Å²) in [6.45, 7) is 1.04. The summed E-state index contributed by atoms with van der Waals surface area (Å²) in [6.07, 6.45) is 0.643. The highest BCUT2D eigenvalue weighted by Gasteiger charge is 2.27. The molecule has 1 aromatic heterocycles. The van der Waals surface area contributed by atoms with E-state index in [2.05, 4.69) is 4.98 Å². The van der Waals surface area contributed by atoms with Crippen LogP contribution in [-0.2, 0) is 14.6 Å². The van der Waals surface area contributed by atoms with Gasteiger partial charge in [0, 0.05) is 11.6 Å². The normalized spacial score (nSPS) is 11.4. The molecule has 3 rings (SSSR count). The Morgan fingerprint density at radius 1 is 1.03 bits per heavy atom. The SMILES string of the molecule is COc1ccc(OC)c2sc(N(CCCN(C)C)C(=O)CS(=O)(=O)c3ccc(Cl)cc3)nc12.Cl. The number of nitrogens with zero attached hydrogens (tertiary/aromatic N) is 3. The third-order valence-corrected chi connectivity index (χ3v) is 7.87. The molecule has 1 heterocycles. The average molecular weight is 549 g/mol. The van der Waals surface area contributed by atoms with Crippen LogP contribution in [0.1, 0.15) is 6.42 Å². The molecular formula is C22H27Cl2N3O5S2. The third-order valence-electron chi connectivity index (χ3n) is 4.90. The molecule has 0 spiro atoms. The van der Waals surface area contributed by atoms with E-state index in [0.717, 1.165) is 11.2 Å². The molecule has 0 aliphatic carbocycles. The first-order valence-corrected chi connectivity index (χ1v) is 13.0. The molecule has 0 N–H and O–H groups in total. The van der Waals surface area contributed by atoms with Gasteiger partial charge in [-0.05, 0) is 63.5 Å². The van der Waals surface area contributed by atoms with Gasteiger partial charge in [-0.25, -0.2) is 13.4 Å². The van der Waals surface area contributed by atoms with Gasteiger partial charge >= 0.3 is 0 Å². The molecule has 0 saturated carbocycles. The number of sulfone groups is 1. The van der Waals surface area contributed by atoms with Crippen molar-refractivity contribution in [1.82, 2.24) is 9.88 Å². The molecule has 0 bridgehead atoms. The van der Waals surface area contributed by atoms with Gasteiger partial charge in [-0.1, -0.05) is 22.9 Å². The highest BCUT2D eigenvalue weighted by atomic mass is 35.5. The summed E-state index contributed by atoms with van der Waals surface area (Å²) in [5, 5.41) is 0.811. The van der Waals surface area contributed by atoms with Gasteiger partial charge in [-0.3, -0.25) is 9.69 Å². The molecule has 0 fully saturated rings. The molecule has 0 unspecified atom stereocenters. The number of halogens is 2. The van der Waals surface area contributed by atoms with Crippen molar-refractivity contribution in [1.29, 1.82) is 0 Å². The number of anilines is 1. The van der Waals surface area contributed by atoms with Crippen LogP contribution in [0.3, 0.4) is 0 Å². The molecule has 0 saturated heterocycles. The molecule has 0 aliphatic rings. The first-order chi connectivity index (χ1) is 15.7.